The number of hydrogen-bond acceptors (Lipinski definition) is 9. The third-order valence-electron chi connectivity index (χ3n) is 6.25. The van der Waals surface area contributed by atoms with Crippen LogP contribution in [0.3, 0.4) is 0 Å². The number of sulfonamides is 1. The lowest BCUT2D eigenvalue weighted by Crippen LogP contribution is -2.48. The maximum atomic E-state index is 15.2. The first-order valence-corrected chi connectivity index (χ1v) is 13.4. The number of anilines is 2. The zero-order chi connectivity index (χ0) is 24.4. The van der Waals surface area contributed by atoms with Crippen molar-refractivity contribution in [2.24, 2.45) is 0 Å². The molecule has 2 aliphatic heterocycles. The fraction of sp³-hybridized carbons (Fsp3) is 0.435. The molecule has 12 heteroatoms. The van der Waals surface area contributed by atoms with Gasteiger partial charge in [0.1, 0.15) is 11.3 Å². The summed E-state index contributed by atoms with van der Waals surface area (Å²) < 4.78 is 45.9. The van der Waals surface area contributed by atoms with Crippen LogP contribution in [0.15, 0.2) is 36.7 Å². The molecule has 0 spiro atoms. The van der Waals surface area contributed by atoms with E-state index in [1.54, 1.807) is 24.5 Å². The average molecular weight is 502 g/mol. The van der Waals surface area contributed by atoms with Crippen molar-refractivity contribution < 1.29 is 17.5 Å². The Hall–Kier alpha value is -2.93. The van der Waals surface area contributed by atoms with E-state index in [2.05, 4.69) is 20.6 Å². The molecule has 3 aromatic rings. The van der Waals surface area contributed by atoms with E-state index in [4.69, 9.17) is 9.72 Å². The van der Waals surface area contributed by atoms with E-state index >= 15 is 4.39 Å². The second-order valence-corrected chi connectivity index (χ2v) is 10.7. The van der Waals surface area contributed by atoms with Gasteiger partial charge < -0.3 is 20.3 Å². The van der Waals surface area contributed by atoms with Gasteiger partial charge in [-0.15, -0.1) is 0 Å². The van der Waals surface area contributed by atoms with Crippen molar-refractivity contribution >= 4 is 32.6 Å². The van der Waals surface area contributed by atoms with E-state index in [1.807, 2.05) is 11.0 Å². The average Bonchev–Trinajstić information content (AvgIpc) is 2.87. The molecule has 1 atom stereocenters. The van der Waals surface area contributed by atoms with Crippen molar-refractivity contribution in [1.29, 1.82) is 0 Å². The molecule has 0 radical (unpaired) electrons. The smallest absolute Gasteiger partial charge is 0.211 e. The number of benzene rings is 1. The highest BCUT2D eigenvalue weighted by Crippen LogP contribution is 2.30. The lowest BCUT2D eigenvalue weighted by Gasteiger charge is -2.34. The molecule has 2 aliphatic rings. The van der Waals surface area contributed by atoms with Crippen LogP contribution in [0.4, 0.5) is 15.9 Å². The molecule has 0 bridgehead atoms. The van der Waals surface area contributed by atoms with Gasteiger partial charge in [-0.3, -0.25) is 4.98 Å². The third-order valence-corrected chi connectivity index (χ3v) is 7.55. The summed E-state index contributed by atoms with van der Waals surface area (Å²) in [5.41, 5.74) is 2.94. The van der Waals surface area contributed by atoms with Crippen molar-refractivity contribution in [3.63, 3.8) is 0 Å². The number of rotatable bonds is 6. The van der Waals surface area contributed by atoms with Gasteiger partial charge in [-0.1, -0.05) is 6.07 Å². The number of pyridine rings is 1. The van der Waals surface area contributed by atoms with Crippen molar-refractivity contribution in [1.82, 2.24) is 24.6 Å². The zero-order valence-electron chi connectivity index (χ0n) is 19.4. The van der Waals surface area contributed by atoms with Gasteiger partial charge >= 0.3 is 0 Å². The van der Waals surface area contributed by atoms with Gasteiger partial charge in [0.25, 0.3) is 0 Å². The van der Waals surface area contributed by atoms with Crippen LogP contribution in [0.1, 0.15) is 0 Å². The summed E-state index contributed by atoms with van der Waals surface area (Å²) in [6.07, 6.45) is 4.44. The molecule has 5 rings (SSSR count). The Bertz CT molecular complexity index is 1310. The van der Waals surface area contributed by atoms with Crippen molar-refractivity contribution in [2.45, 2.75) is 6.10 Å². The Morgan fingerprint density at radius 3 is 2.69 bits per heavy atom. The second-order valence-electron chi connectivity index (χ2n) is 8.67. The molecule has 2 aromatic heterocycles. The summed E-state index contributed by atoms with van der Waals surface area (Å²) in [6, 6.07) is 6.80. The van der Waals surface area contributed by atoms with E-state index < -0.39 is 10.0 Å². The van der Waals surface area contributed by atoms with Crippen LogP contribution < -0.4 is 15.5 Å². The molecule has 0 aliphatic carbocycles. The number of aromatic nitrogens is 3. The molecule has 1 unspecified atom stereocenters. The maximum Gasteiger partial charge on any atom is 0.211 e. The molecule has 0 amide bonds. The Kier molecular flexibility index (Phi) is 6.78. The molecule has 1 aromatic carbocycles. The number of ether oxygens (including phenoxy) is 1. The third kappa shape index (κ3) is 5.35. The molecule has 10 nitrogen and oxygen atoms in total. The second kappa shape index (κ2) is 9.97. The number of halogens is 1. The van der Waals surface area contributed by atoms with Gasteiger partial charge in [0.05, 0.1) is 35.9 Å². The SMILES string of the molecule is CS(=O)(=O)N1CCN(c2ccc(-c3cc4nccnc4c(NCC4CNCCO4)n3)cc2F)CC1. The highest BCUT2D eigenvalue weighted by molar-refractivity contribution is 7.88. The molecule has 2 fully saturated rings. The maximum absolute atomic E-state index is 15.2. The fourth-order valence-electron chi connectivity index (χ4n) is 4.39. The molecule has 4 heterocycles. The quantitative estimate of drug-likeness (QED) is 0.516. The first-order valence-electron chi connectivity index (χ1n) is 11.6. The normalized spacial score (nSPS) is 19.7. The zero-order valence-corrected chi connectivity index (χ0v) is 20.3. The molecule has 2 saturated heterocycles. The van der Waals surface area contributed by atoms with E-state index in [9.17, 15) is 8.42 Å². The first-order chi connectivity index (χ1) is 16.9. The number of fused-ring (bicyclic) bond motifs is 1. The molecule has 186 valence electrons. The van der Waals surface area contributed by atoms with E-state index in [0.29, 0.717) is 73.1 Å². The number of piperazine rings is 1. The lowest BCUT2D eigenvalue weighted by atomic mass is 10.1. The predicted octanol–water partition coefficient (Wildman–Crippen LogP) is 1.31. The first kappa shape index (κ1) is 23.8. The minimum atomic E-state index is -3.24. The monoisotopic (exact) mass is 501 g/mol. The van der Waals surface area contributed by atoms with Crippen LogP contribution >= 0.6 is 0 Å². The summed E-state index contributed by atoms with van der Waals surface area (Å²) in [5, 5.41) is 6.63. The van der Waals surface area contributed by atoms with Gasteiger partial charge in [-0.25, -0.2) is 22.8 Å². The van der Waals surface area contributed by atoms with Crippen LogP contribution in [0.5, 0.6) is 0 Å². The Labute approximate surface area is 203 Å². The summed E-state index contributed by atoms with van der Waals surface area (Å²) >= 11 is 0. The van der Waals surface area contributed by atoms with Crippen molar-refractivity contribution in [3.05, 3.63) is 42.5 Å². The standard InChI is InChI=1S/C23H28FN7O3S/c1-35(32,33)31-9-7-30(8-10-31)21-3-2-16(12-18(21)24)19-13-20-22(27-5-4-26-20)23(29-19)28-15-17-14-25-6-11-34-17/h2-5,12-13,17,25H,6-11,14-15H2,1H3,(H,28,29). The molecule has 2 N–H and O–H groups in total. The van der Waals surface area contributed by atoms with Crippen LogP contribution in [0, 0.1) is 5.82 Å². The minimum Gasteiger partial charge on any atom is -0.374 e. The fourth-order valence-corrected chi connectivity index (χ4v) is 5.21. The highest BCUT2D eigenvalue weighted by Gasteiger charge is 2.25. The summed E-state index contributed by atoms with van der Waals surface area (Å²) in [6.45, 7) is 4.34. The predicted molar refractivity (Wildman–Crippen MR) is 132 cm³/mol. The van der Waals surface area contributed by atoms with Gasteiger partial charge in [0.2, 0.25) is 10.0 Å². The lowest BCUT2D eigenvalue weighted by molar-refractivity contribution is 0.0372. The van der Waals surface area contributed by atoms with E-state index in [-0.39, 0.29) is 11.9 Å². The number of nitrogens with one attached hydrogen (secondary N) is 2. The van der Waals surface area contributed by atoms with Crippen LogP contribution in [0.2, 0.25) is 0 Å². The molecular weight excluding hydrogens is 473 g/mol. The molecule has 35 heavy (non-hydrogen) atoms. The van der Waals surface area contributed by atoms with Crippen molar-refractivity contribution in [2.75, 3.05) is 68.9 Å². The Morgan fingerprint density at radius 1 is 1.17 bits per heavy atom. The van der Waals surface area contributed by atoms with Crippen LogP contribution in [0.25, 0.3) is 22.3 Å². The van der Waals surface area contributed by atoms with Crippen LogP contribution in [-0.2, 0) is 14.8 Å². The molecular formula is C23H28FN7O3S. The van der Waals surface area contributed by atoms with E-state index in [0.717, 1.165) is 13.1 Å². The molecule has 0 saturated carbocycles. The Balaban J connectivity index is 1.38. The van der Waals surface area contributed by atoms with Gasteiger partial charge in [0.15, 0.2) is 5.82 Å². The van der Waals surface area contributed by atoms with Gasteiger partial charge in [-0.05, 0) is 18.2 Å². The topological polar surface area (TPSA) is 113 Å². The highest BCUT2D eigenvalue weighted by atomic mass is 32.2. The van der Waals surface area contributed by atoms with Gasteiger partial charge in [0, 0.05) is 63.8 Å². The van der Waals surface area contributed by atoms with Crippen molar-refractivity contribution in [3.8, 4) is 11.3 Å². The Morgan fingerprint density at radius 2 is 1.97 bits per heavy atom. The summed E-state index contributed by atoms with van der Waals surface area (Å²) in [4.78, 5) is 15.4. The summed E-state index contributed by atoms with van der Waals surface area (Å²) in [7, 11) is -3.24. The number of nitrogens with zero attached hydrogens (tertiary/aromatic N) is 5. The van der Waals surface area contributed by atoms with E-state index in [1.165, 1.54) is 16.6 Å². The number of hydrogen-bond donors (Lipinski definition) is 2. The largest absolute Gasteiger partial charge is 0.374 e. The van der Waals surface area contributed by atoms with Crippen LogP contribution in [-0.4, -0.2) is 92.5 Å². The minimum absolute atomic E-state index is 0.0146. The summed E-state index contributed by atoms with van der Waals surface area (Å²) in [5.74, 6) is 0.189. The number of morpholine rings is 1. The van der Waals surface area contributed by atoms with Gasteiger partial charge in [-0.2, -0.15) is 4.31 Å².